The molecule has 0 unspecified atom stereocenters. The van der Waals surface area contributed by atoms with Gasteiger partial charge in [0.25, 0.3) is 15.0 Å². The van der Waals surface area contributed by atoms with Gasteiger partial charge >= 0.3 is 0 Å². The zero-order chi connectivity index (χ0) is 16.0. The molecular formula is C13H17Cl2NO4S. The van der Waals surface area contributed by atoms with Crippen molar-refractivity contribution in [1.29, 1.82) is 0 Å². The lowest BCUT2D eigenvalue weighted by Gasteiger charge is -2.21. The number of benzene rings is 1. The Bertz CT molecular complexity index is 604. The first kappa shape index (κ1) is 18.2. The molecule has 0 heterocycles. The van der Waals surface area contributed by atoms with Crippen LogP contribution >= 0.6 is 22.3 Å². The number of likely N-dealkylation sites (N-methyl/N-ethyl adjacent to an activating group) is 1. The van der Waals surface area contributed by atoms with E-state index in [0.29, 0.717) is 26.3 Å². The van der Waals surface area contributed by atoms with Gasteiger partial charge in [-0.25, -0.2) is 8.42 Å². The second-order valence-electron chi connectivity index (χ2n) is 4.16. The number of carbonyl (C=O) groups is 1. The molecule has 0 atom stereocenters. The molecule has 1 aromatic rings. The highest BCUT2D eigenvalue weighted by molar-refractivity contribution is 8.13. The molecule has 0 aliphatic carbocycles. The van der Waals surface area contributed by atoms with Gasteiger partial charge in [0, 0.05) is 30.4 Å². The molecule has 0 spiro atoms. The standard InChI is InChI=1S/C13H17Cl2NO4S/c1-3-16(7-8-20-4-2)13(17)11-9-10(21(15,18)19)5-6-12(11)14/h5-6,9H,3-4,7-8H2,1-2H3. The van der Waals surface area contributed by atoms with Crippen molar-refractivity contribution >= 4 is 37.2 Å². The number of ether oxygens (including phenoxy) is 1. The van der Waals surface area contributed by atoms with Gasteiger partial charge in [-0.05, 0) is 32.0 Å². The molecule has 0 N–H and O–H groups in total. The molecule has 0 aliphatic rings. The van der Waals surface area contributed by atoms with Crippen molar-refractivity contribution in [2.24, 2.45) is 0 Å². The minimum Gasteiger partial charge on any atom is -0.380 e. The summed E-state index contributed by atoms with van der Waals surface area (Å²) in [6.45, 7) is 5.51. The quantitative estimate of drug-likeness (QED) is 0.558. The zero-order valence-electron chi connectivity index (χ0n) is 11.8. The highest BCUT2D eigenvalue weighted by Crippen LogP contribution is 2.24. The number of hydrogen-bond acceptors (Lipinski definition) is 4. The van der Waals surface area contributed by atoms with Crippen molar-refractivity contribution in [3.63, 3.8) is 0 Å². The van der Waals surface area contributed by atoms with Crippen LogP contribution in [-0.2, 0) is 13.8 Å². The fourth-order valence-electron chi connectivity index (χ4n) is 1.71. The Morgan fingerprint density at radius 1 is 1.33 bits per heavy atom. The van der Waals surface area contributed by atoms with E-state index in [0.717, 1.165) is 0 Å². The first-order chi connectivity index (χ1) is 9.81. The fraction of sp³-hybridized carbons (Fsp3) is 0.462. The maximum atomic E-state index is 12.4. The first-order valence-electron chi connectivity index (χ1n) is 6.42. The number of nitrogens with zero attached hydrogens (tertiary/aromatic N) is 1. The summed E-state index contributed by atoms with van der Waals surface area (Å²) in [4.78, 5) is 13.8. The van der Waals surface area contributed by atoms with Gasteiger partial charge in [0.2, 0.25) is 0 Å². The Labute approximate surface area is 134 Å². The summed E-state index contributed by atoms with van der Waals surface area (Å²) in [5.74, 6) is -0.357. The molecule has 0 aromatic heterocycles. The highest BCUT2D eigenvalue weighted by Gasteiger charge is 2.20. The molecule has 1 rings (SSSR count). The predicted molar refractivity (Wildman–Crippen MR) is 82.6 cm³/mol. The van der Waals surface area contributed by atoms with Crippen molar-refractivity contribution in [3.8, 4) is 0 Å². The van der Waals surface area contributed by atoms with E-state index in [9.17, 15) is 13.2 Å². The van der Waals surface area contributed by atoms with Crippen molar-refractivity contribution in [2.75, 3.05) is 26.3 Å². The van der Waals surface area contributed by atoms with Gasteiger partial charge in [-0.1, -0.05) is 11.6 Å². The van der Waals surface area contributed by atoms with Crippen LogP contribution in [-0.4, -0.2) is 45.5 Å². The zero-order valence-corrected chi connectivity index (χ0v) is 14.1. The van der Waals surface area contributed by atoms with Crippen molar-refractivity contribution in [1.82, 2.24) is 4.90 Å². The average Bonchev–Trinajstić information content (AvgIpc) is 2.42. The Morgan fingerprint density at radius 2 is 2.00 bits per heavy atom. The van der Waals surface area contributed by atoms with Gasteiger partial charge in [-0.2, -0.15) is 0 Å². The molecule has 0 saturated heterocycles. The maximum absolute atomic E-state index is 12.4. The topological polar surface area (TPSA) is 63.7 Å². The number of hydrogen-bond donors (Lipinski definition) is 0. The van der Waals surface area contributed by atoms with E-state index in [1.807, 2.05) is 13.8 Å². The summed E-state index contributed by atoms with van der Waals surface area (Å²) >= 11 is 5.99. The average molecular weight is 354 g/mol. The smallest absolute Gasteiger partial charge is 0.261 e. The largest absolute Gasteiger partial charge is 0.380 e. The van der Waals surface area contributed by atoms with E-state index in [4.69, 9.17) is 27.0 Å². The number of halogens is 2. The molecule has 1 amide bonds. The molecule has 0 fully saturated rings. The van der Waals surface area contributed by atoms with Crippen molar-refractivity contribution in [3.05, 3.63) is 28.8 Å². The summed E-state index contributed by atoms with van der Waals surface area (Å²) in [5, 5.41) is 0.180. The summed E-state index contributed by atoms with van der Waals surface area (Å²) in [7, 11) is 1.38. The first-order valence-corrected chi connectivity index (χ1v) is 9.11. The minimum atomic E-state index is -3.91. The van der Waals surface area contributed by atoms with Crippen LogP contribution in [0.1, 0.15) is 24.2 Å². The van der Waals surface area contributed by atoms with Gasteiger partial charge in [0.1, 0.15) is 0 Å². The third-order valence-corrected chi connectivity index (χ3v) is 4.51. The molecule has 0 aliphatic heterocycles. The van der Waals surface area contributed by atoms with Crippen LogP contribution in [0.3, 0.4) is 0 Å². The van der Waals surface area contributed by atoms with Gasteiger partial charge < -0.3 is 9.64 Å². The molecule has 0 saturated carbocycles. The predicted octanol–water partition coefficient (Wildman–Crippen LogP) is 2.77. The molecule has 118 valence electrons. The van der Waals surface area contributed by atoms with Crippen molar-refractivity contribution in [2.45, 2.75) is 18.7 Å². The van der Waals surface area contributed by atoms with Crippen LogP contribution in [0, 0.1) is 0 Å². The van der Waals surface area contributed by atoms with E-state index in [2.05, 4.69) is 0 Å². The normalized spacial score (nSPS) is 11.4. The third-order valence-electron chi connectivity index (χ3n) is 2.83. The van der Waals surface area contributed by atoms with E-state index < -0.39 is 9.05 Å². The van der Waals surface area contributed by atoms with Gasteiger partial charge in [0.15, 0.2) is 0 Å². The fourth-order valence-corrected chi connectivity index (χ4v) is 2.69. The van der Waals surface area contributed by atoms with E-state index in [1.165, 1.54) is 23.1 Å². The molecule has 8 heteroatoms. The molecule has 21 heavy (non-hydrogen) atoms. The Balaban J connectivity index is 3.04. The van der Waals surface area contributed by atoms with Gasteiger partial charge in [0.05, 0.1) is 22.1 Å². The molecule has 0 bridgehead atoms. The molecule has 5 nitrogen and oxygen atoms in total. The molecule has 0 radical (unpaired) electrons. The van der Waals surface area contributed by atoms with Gasteiger partial charge in [-0.3, -0.25) is 4.79 Å². The Hall–Kier alpha value is -0.820. The Morgan fingerprint density at radius 3 is 2.52 bits per heavy atom. The summed E-state index contributed by atoms with van der Waals surface area (Å²) < 4.78 is 27.9. The molecule has 1 aromatic carbocycles. The lowest BCUT2D eigenvalue weighted by Crippen LogP contribution is -2.34. The highest BCUT2D eigenvalue weighted by atomic mass is 35.7. The summed E-state index contributed by atoms with van der Waals surface area (Å²) in [5.41, 5.74) is 0.108. The van der Waals surface area contributed by atoms with Crippen LogP contribution in [0.5, 0.6) is 0 Å². The second-order valence-corrected chi connectivity index (χ2v) is 7.13. The van der Waals surface area contributed by atoms with E-state index in [-0.39, 0.29) is 21.4 Å². The molecular weight excluding hydrogens is 337 g/mol. The number of carbonyl (C=O) groups excluding carboxylic acids is 1. The van der Waals surface area contributed by atoms with Gasteiger partial charge in [-0.15, -0.1) is 0 Å². The van der Waals surface area contributed by atoms with Crippen LogP contribution < -0.4 is 0 Å². The van der Waals surface area contributed by atoms with Crippen LogP contribution in [0.2, 0.25) is 5.02 Å². The van der Waals surface area contributed by atoms with Crippen LogP contribution in [0.4, 0.5) is 0 Å². The SMILES string of the molecule is CCOCCN(CC)C(=O)c1cc(S(=O)(=O)Cl)ccc1Cl. The van der Waals surface area contributed by atoms with E-state index in [1.54, 1.807) is 0 Å². The minimum absolute atomic E-state index is 0.108. The van der Waals surface area contributed by atoms with Crippen molar-refractivity contribution < 1.29 is 17.9 Å². The second kappa shape index (κ2) is 7.98. The lowest BCUT2D eigenvalue weighted by atomic mass is 10.2. The maximum Gasteiger partial charge on any atom is 0.261 e. The third kappa shape index (κ3) is 5.14. The lowest BCUT2D eigenvalue weighted by molar-refractivity contribution is 0.0669. The van der Waals surface area contributed by atoms with Crippen LogP contribution in [0.15, 0.2) is 23.1 Å². The summed E-state index contributed by atoms with van der Waals surface area (Å²) in [6, 6.07) is 3.80. The monoisotopic (exact) mass is 353 g/mol. The van der Waals surface area contributed by atoms with Crippen LogP contribution in [0.25, 0.3) is 0 Å². The Kier molecular flexibility index (Phi) is 6.93. The summed E-state index contributed by atoms with van der Waals surface area (Å²) in [6.07, 6.45) is 0. The van der Waals surface area contributed by atoms with E-state index >= 15 is 0 Å². The number of amides is 1. The number of rotatable bonds is 7.